The number of hydrogen-bond acceptors (Lipinski definition) is 4. The van der Waals surface area contributed by atoms with Crippen LogP contribution in [0.3, 0.4) is 0 Å². The van der Waals surface area contributed by atoms with Gasteiger partial charge in [-0.05, 0) is 41.4 Å². The molecule has 0 saturated heterocycles. The van der Waals surface area contributed by atoms with E-state index in [0.29, 0.717) is 12.2 Å². The minimum atomic E-state index is -0.269. The second-order valence-electron chi connectivity index (χ2n) is 3.79. The number of aryl methyl sites for hydroxylation is 1. The molecule has 0 fully saturated rings. The van der Waals surface area contributed by atoms with E-state index < -0.39 is 0 Å². The van der Waals surface area contributed by atoms with Crippen molar-refractivity contribution in [2.45, 2.75) is 13.8 Å². The normalized spacial score (nSPS) is 10.3. The van der Waals surface area contributed by atoms with E-state index in [1.807, 2.05) is 26.0 Å². The van der Waals surface area contributed by atoms with Crippen LogP contribution in [0.1, 0.15) is 22.8 Å². The van der Waals surface area contributed by atoms with Gasteiger partial charge >= 0.3 is 6.01 Å². The van der Waals surface area contributed by atoms with E-state index in [1.165, 1.54) is 0 Å². The molecule has 1 aromatic carbocycles. The number of carbonyl (C=O) groups is 1. The van der Waals surface area contributed by atoms with E-state index in [2.05, 4.69) is 36.4 Å². The van der Waals surface area contributed by atoms with Gasteiger partial charge in [0.25, 0.3) is 5.91 Å². The summed E-state index contributed by atoms with van der Waals surface area (Å²) in [6.45, 7) is 4.22. The van der Waals surface area contributed by atoms with Crippen LogP contribution in [0.15, 0.2) is 22.7 Å². The molecule has 1 aromatic heterocycles. The van der Waals surface area contributed by atoms with E-state index in [9.17, 15) is 4.79 Å². The Morgan fingerprint density at radius 3 is 3.05 bits per heavy atom. The fraction of sp³-hybridized carbons (Fsp3) is 0.250. The first-order chi connectivity index (χ1) is 9.11. The first-order valence-corrected chi connectivity index (χ1v) is 6.52. The topological polar surface area (TPSA) is 79.9 Å². The van der Waals surface area contributed by atoms with Gasteiger partial charge in [0.2, 0.25) is 5.95 Å². The SMILES string of the molecule is CCOc1n[nH]c(NC(=O)c2cccc(C)c2Br)n1. The molecule has 7 heteroatoms. The number of H-pyrrole nitrogens is 1. The molecule has 2 rings (SSSR count). The van der Waals surface area contributed by atoms with Crippen molar-refractivity contribution in [2.24, 2.45) is 0 Å². The van der Waals surface area contributed by atoms with E-state index >= 15 is 0 Å². The zero-order valence-electron chi connectivity index (χ0n) is 10.5. The molecule has 2 aromatic rings. The van der Waals surface area contributed by atoms with Crippen molar-refractivity contribution in [3.8, 4) is 6.01 Å². The molecule has 0 aliphatic heterocycles. The number of carbonyl (C=O) groups excluding carboxylic acids is 1. The second kappa shape index (κ2) is 5.83. The number of ether oxygens (including phenoxy) is 1. The van der Waals surface area contributed by atoms with Crippen LogP contribution in [0.25, 0.3) is 0 Å². The van der Waals surface area contributed by atoms with Gasteiger partial charge in [0.1, 0.15) is 0 Å². The predicted octanol–water partition coefficient (Wildman–Crippen LogP) is 2.53. The highest BCUT2D eigenvalue weighted by Gasteiger charge is 2.13. The maximum Gasteiger partial charge on any atom is 0.337 e. The number of halogens is 1. The predicted molar refractivity (Wildman–Crippen MR) is 74.4 cm³/mol. The number of aromatic nitrogens is 3. The Bertz CT molecular complexity index is 597. The Kier molecular flexibility index (Phi) is 4.16. The standard InChI is InChI=1S/C12H13BrN4O2/c1-3-19-12-15-11(16-17-12)14-10(18)8-6-4-5-7(2)9(8)13/h4-6H,3H2,1-2H3,(H2,14,15,16,17,18). The number of nitrogens with zero attached hydrogens (tertiary/aromatic N) is 2. The van der Waals surface area contributed by atoms with Crippen LogP contribution in [0.5, 0.6) is 6.01 Å². The van der Waals surface area contributed by atoms with Crippen LogP contribution in [0.2, 0.25) is 0 Å². The number of rotatable bonds is 4. The second-order valence-corrected chi connectivity index (χ2v) is 4.58. The van der Waals surface area contributed by atoms with Crippen LogP contribution in [0, 0.1) is 6.92 Å². The summed E-state index contributed by atoms with van der Waals surface area (Å²) in [5.74, 6) is -0.0170. The zero-order chi connectivity index (χ0) is 13.8. The maximum absolute atomic E-state index is 12.1. The Balaban J connectivity index is 2.14. The van der Waals surface area contributed by atoms with E-state index in [-0.39, 0.29) is 17.9 Å². The molecule has 100 valence electrons. The Morgan fingerprint density at radius 1 is 1.53 bits per heavy atom. The minimum absolute atomic E-state index is 0.209. The average molecular weight is 325 g/mol. The maximum atomic E-state index is 12.1. The summed E-state index contributed by atoms with van der Waals surface area (Å²) >= 11 is 3.39. The van der Waals surface area contributed by atoms with Crippen molar-refractivity contribution in [3.63, 3.8) is 0 Å². The van der Waals surface area contributed by atoms with Crippen molar-refractivity contribution < 1.29 is 9.53 Å². The molecule has 0 unspecified atom stereocenters. The third-order valence-electron chi connectivity index (χ3n) is 2.41. The quantitative estimate of drug-likeness (QED) is 0.905. The molecule has 2 N–H and O–H groups in total. The lowest BCUT2D eigenvalue weighted by molar-refractivity contribution is 0.102. The third-order valence-corrected chi connectivity index (χ3v) is 3.46. The van der Waals surface area contributed by atoms with Crippen LogP contribution in [0.4, 0.5) is 5.95 Å². The van der Waals surface area contributed by atoms with Gasteiger partial charge in [-0.1, -0.05) is 12.1 Å². The van der Waals surface area contributed by atoms with Gasteiger partial charge < -0.3 is 4.74 Å². The van der Waals surface area contributed by atoms with E-state index in [0.717, 1.165) is 10.0 Å². The highest BCUT2D eigenvalue weighted by atomic mass is 79.9. The van der Waals surface area contributed by atoms with Gasteiger partial charge in [-0.2, -0.15) is 4.98 Å². The van der Waals surface area contributed by atoms with Crippen molar-refractivity contribution in [1.82, 2.24) is 15.2 Å². The van der Waals surface area contributed by atoms with Gasteiger partial charge in [-0.25, -0.2) is 5.10 Å². The zero-order valence-corrected chi connectivity index (χ0v) is 12.1. The van der Waals surface area contributed by atoms with Crippen LogP contribution in [-0.4, -0.2) is 27.7 Å². The Hall–Kier alpha value is -1.89. The highest BCUT2D eigenvalue weighted by molar-refractivity contribution is 9.10. The Morgan fingerprint density at radius 2 is 2.32 bits per heavy atom. The van der Waals surface area contributed by atoms with Crippen molar-refractivity contribution >= 4 is 27.8 Å². The molecule has 1 amide bonds. The van der Waals surface area contributed by atoms with Crippen molar-refractivity contribution in [3.05, 3.63) is 33.8 Å². The van der Waals surface area contributed by atoms with Gasteiger partial charge in [0.05, 0.1) is 12.2 Å². The molecule has 0 atom stereocenters. The molecular formula is C12H13BrN4O2. The lowest BCUT2D eigenvalue weighted by Gasteiger charge is -2.05. The summed E-state index contributed by atoms with van der Waals surface area (Å²) in [4.78, 5) is 16.1. The Labute approximate surface area is 118 Å². The van der Waals surface area contributed by atoms with Gasteiger partial charge in [-0.15, -0.1) is 5.10 Å². The molecule has 19 heavy (non-hydrogen) atoms. The van der Waals surface area contributed by atoms with E-state index in [1.54, 1.807) is 6.07 Å². The summed E-state index contributed by atoms with van der Waals surface area (Å²) in [5, 5.41) is 9.03. The van der Waals surface area contributed by atoms with Crippen molar-refractivity contribution in [2.75, 3.05) is 11.9 Å². The van der Waals surface area contributed by atoms with Gasteiger partial charge in [0.15, 0.2) is 0 Å². The number of amides is 1. The molecule has 0 aliphatic rings. The molecule has 0 saturated carbocycles. The monoisotopic (exact) mass is 324 g/mol. The van der Waals surface area contributed by atoms with E-state index in [4.69, 9.17) is 4.74 Å². The highest BCUT2D eigenvalue weighted by Crippen LogP contribution is 2.21. The first-order valence-electron chi connectivity index (χ1n) is 5.73. The molecule has 1 heterocycles. The van der Waals surface area contributed by atoms with Crippen molar-refractivity contribution in [1.29, 1.82) is 0 Å². The molecule has 0 spiro atoms. The average Bonchev–Trinajstić information content (AvgIpc) is 2.80. The molecule has 0 aliphatic carbocycles. The molecule has 6 nitrogen and oxygen atoms in total. The molecule has 0 radical (unpaired) electrons. The van der Waals surface area contributed by atoms with Crippen LogP contribution >= 0.6 is 15.9 Å². The molecule has 0 bridgehead atoms. The minimum Gasteiger partial charge on any atom is -0.463 e. The summed E-state index contributed by atoms with van der Waals surface area (Å²) in [6, 6.07) is 5.68. The lowest BCUT2D eigenvalue weighted by Crippen LogP contribution is -2.14. The summed E-state index contributed by atoms with van der Waals surface area (Å²) in [7, 11) is 0. The molecular weight excluding hydrogens is 312 g/mol. The van der Waals surface area contributed by atoms with Gasteiger partial charge in [0, 0.05) is 4.47 Å². The van der Waals surface area contributed by atoms with Crippen LogP contribution in [-0.2, 0) is 0 Å². The van der Waals surface area contributed by atoms with Gasteiger partial charge in [-0.3, -0.25) is 10.1 Å². The number of aromatic amines is 1. The summed E-state index contributed by atoms with van der Waals surface area (Å²) < 4.78 is 5.86. The third kappa shape index (κ3) is 3.11. The summed E-state index contributed by atoms with van der Waals surface area (Å²) in [5.41, 5.74) is 1.52. The fourth-order valence-corrected chi connectivity index (χ4v) is 1.94. The number of anilines is 1. The first kappa shape index (κ1) is 13.5. The summed E-state index contributed by atoms with van der Waals surface area (Å²) in [6.07, 6.45) is 0. The lowest BCUT2D eigenvalue weighted by atomic mass is 10.1. The number of nitrogens with one attached hydrogen (secondary N) is 2. The fourth-order valence-electron chi connectivity index (χ4n) is 1.49. The number of benzene rings is 1. The number of hydrogen-bond donors (Lipinski definition) is 2. The smallest absolute Gasteiger partial charge is 0.337 e. The van der Waals surface area contributed by atoms with Crippen LogP contribution < -0.4 is 10.1 Å². The largest absolute Gasteiger partial charge is 0.463 e.